The van der Waals surface area contributed by atoms with Crippen molar-refractivity contribution in [3.63, 3.8) is 0 Å². The van der Waals surface area contributed by atoms with Crippen molar-refractivity contribution in [1.82, 2.24) is 9.55 Å². The number of halogens is 6. The molecule has 0 bridgehead atoms. The second-order valence-corrected chi connectivity index (χ2v) is 6.05. The third-order valence-corrected chi connectivity index (χ3v) is 3.74. The first-order valence-electron chi connectivity index (χ1n) is 7.97. The number of ether oxygens (including phenoxy) is 3. The van der Waals surface area contributed by atoms with Crippen molar-refractivity contribution >= 4 is 0 Å². The standard InChI is InChI=1S/C14H16F6N2O7/c15-13(16,17)4-27-11(28-5-14(18,19)20)6-2-22(12(26)21-10(6)25)9-1-7(24)8(3-23)29-9/h2,7-9,11,23-24H,1,3-5H2,(H,21,25,26). The highest BCUT2D eigenvalue weighted by atomic mass is 19.4. The van der Waals surface area contributed by atoms with Crippen molar-refractivity contribution < 1.29 is 50.8 Å². The Morgan fingerprint density at radius 3 is 2.17 bits per heavy atom. The highest BCUT2D eigenvalue weighted by molar-refractivity contribution is 5.07. The van der Waals surface area contributed by atoms with Crippen molar-refractivity contribution in [3.05, 3.63) is 32.6 Å². The summed E-state index contributed by atoms with van der Waals surface area (Å²) in [4.78, 5) is 25.7. The summed E-state index contributed by atoms with van der Waals surface area (Å²) in [7, 11) is 0. The second-order valence-electron chi connectivity index (χ2n) is 6.05. The SMILES string of the molecule is O=c1[nH]c(=O)n(C2CC(O)C(CO)O2)cc1C(OCC(F)(F)F)OCC(F)(F)F. The lowest BCUT2D eigenvalue weighted by Gasteiger charge is -2.21. The zero-order valence-electron chi connectivity index (χ0n) is 14.4. The molecule has 1 fully saturated rings. The number of H-pyrrole nitrogens is 1. The van der Waals surface area contributed by atoms with Crippen LogP contribution in [0.5, 0.6) is 0 Å². The Morgan fingerprint density at radius 1 is 1.17 bits per heavy atom. The molecule has 1 aromatic rings. The zero-order valence-corrected chi connectivity index (χ0v) is 14.4. The maximum absolute atomic E-state index is 12.4. The summed E-state index contributed by atoms with van der Waals surface area (Å²) >= 11 is 0. The van der Waals surface area contributed by atoms with E-state index in [1.165, 1.54) is 0 Å². The fraction of sp³-hybridized carbons (Fsp3) is 0.714. The van der Waals surface area contributed by atoms with E-state index in [2.05, 4.69) is 9.47 Å². The molecule has 166 valence electrons. The largest absolute Gasteiger partial charge is 0.411 e. The second kappa shape index (κ2) is 8.83. The minimum Gasteiger partial charge on any atom is -0.394 e. The first-order valence-corrected chi connectivity index (χ1v) is 7.97. The Hall–Kier alpha value is -1.94. The van der Waals surface area contributed by atoms with Gasteiger partial charge in [-0.25, -0.2) is 4.79 Å². The van der Waals surface area contributed by atoms with Gasteiger partial charge in [-0.05, 0) is 0 Å². The van der Waals surface area contributed by atoms with E-state index < -0.39 is 73.7 Å². The van der Waals surface area contributed by atoms with Gasteiger partial charge in [0.05, 0.1) is 18.3 Å². The fourth-order valence-electron chi connectivity index (χ4n) is 2.50. The summed E-state index contributed by atoms with van der Waals surface area (Å²) in [6.45, 7) is -4.67. The van der Waals surface area contributed by atoms with E-state index in [1.54, 1.807) is 4.98 Å². The van der Waals surface area contributed by atoms with Crippen LogP contribution < -0.4 is 11.2 Å². The minimum absolute atomic E-state index is 0.242. The fourth-order valence-corrected chi connectivity index (χ4v) is 2.50. The molecular weight excluding hydrogens is 422 g/mol. The van der Waals surface area contributed by atoms with Gasteiger partial charge < -0.3 is 24.4 Å². The average molecular weight is 438 g/mol. The van der Waals surface area contributed by atoms with Crippen LogP contribution in [0, 0.1) is 0 Å². The number of hydrogen-bond acceptors (Lipinski definition) is 7. The van der Waals surface area contributed by atoms with Crippen molar-refractivity contribution in [1.29, 1.82) is 0 Å². The van der Waals surface area contributed by atoms with Crippen LogP contribution in [0.1, 0.15) is 24.5 Å². The highest BCUT2D eigenvalue weighted by Gasteiger charge is 2.37. The van der Waals surface area contributed by atoms with E-state index >= 15 is 0 Å². The van der Waals surface area contributed by atoms with Crippen LogP contribution in [0.25, 0.3) is 0 Å². The molecular formula is C14H16F6N2O7. The molecule has 0 aliphatic carbocycles. The molecule has 29 heavy (non-hydrogen) atoms. The topological polar surface area (TPSA) is 123 Å². The van der Waals surface area contributed by atoms with Gasteiger partial charge in [-0.1, -0.05) is 0 Å². The summed E-state index contributed by atoms with van der Waals surface area (Å²) in [6.07, 6.45) is -15.4. The Kier molecular flexibility index (Phi) is 7.10. The molecule has 3 N–H and O–H groups in total. The number of rotatable bonds is 7. The summed E-state index contributed by atoms with van der Waals surface area (Å²) in [6, 6.07) is 0. The Morgan fingerprint density at radius 2 is 1.72 bits per heavy atom. The normalized spacial score (nSPS) is 23.1. The first kappa shape index (κ1) is 23.3. The van der Waals surface area contributed by atoms with Crippen LogP contribution in [-0.2, 0) is 14.2 Å². The summed E-state index contributed by atoms with van der Waals surface area (Å²) in [5.74, 6) is 0. The molecule has 1 aliphatic heterocycles. The molecule has 2 rings (SSSR count). The number of aliphatic hydroxyl groups excluding tert-OH is 2. The molecule has 1 saturated heterocycles. The zero-order chi connectivity index (χ0) is 22.0. The molecule has 3 atom stereocenters. The Balaban J connectivity index is 2.36. The van der Waals surface area contributed by atoms with Crippen molar-refractivity contribution in [2.75, 3.05) is 19.8 Å². The van der Waals surface area contributed by atoms with Crippen molar-refractivity contribution in [2.45, 2.75) is 43.5 Å². The van der Waals surface area contributed by atoms with Crippen LogP contribution in [0.3, 0.4) is 0 Å². The van der Waals surface area contributed by atoms with Gasteiger partial charge in [0.25, 0.3) is 5.56 Å². The molecule has 3 unspecified atom stereocenters. The lowest BCUT2D eigenvalue weighted by molar-refractivity contribution is -0.262. The summed E-state index contributed by atoms with van der Waals surface area (Å²) in [5, 5.41) is 18.8. The molecule has 0 spiro atoms. The van der Waals surface area contributed by atoms with Gasteiger partial charge in [0, 0.05) is 12.6 Å². The number of aromatic nitrogens is 2. The van der Waals surface area contributed by atoms with Crippen LogP contribution in [0.2, 0.25) is 0 Å². The smallest absolute Gasteiger partial charge is 0.394 e. The van der Waals surface area contributed by atoms with Gasteiger partial charge >= 0.3 is 18.0 Å². The Labute approximate surface area is 157 Å². The maximum Gasteiger partial charge on any atom is 0.411 e. The van der Waals surface area contributed by atoms with Crippen LogP contribution in [0.4, 0.5) is 26.3 Å². The van der Waals surface area contributed by atoms with E-state index in [0.717, 1.165) is 0 Å². The summed E-state index contributed by atoms with van der Waals surface area (Å²) < 4.78 is 88.8. The number of nitrogens with zero attached hydrogens (tertiary/aromatic N) is 1. The van der Waals surface area contributed by atoms with E-state index in [0.29, 0.717) is 10.8 Å². The lowest BCUT2D eigenvalue weighted by atomic mass is 10.2. The van der Waals surface area contributed by atoms with E-state index in [4.69, 9.17) is 9.84 Å². The number of hydrogen-bond donors (Lipinski definition) is 3. The van der Waals surface area contributed by atoms with Crippen LogP contribution in [-0.4, -0.2) is 64.1 Å². The third-order valence-electron chi connectivity index (χ3n) is 3.74. The predicted octanol–water partition coefficient (Wildman–Crippen LogP) is 0.334. The van der Waals surface area contributed by atoms with Gasteiger partial charge in [-0.15, -0.1) is 0 Å². The maximum atomic E-state index is 12.4. The molecule has 0 amide bonds. The molecule has 0 saturated carbocycles. The molecule has 0 aromatic carbocycles. The van der Waals surface area contributed by atoms with Gasteiger partial charge in [-0.2, -0.15) is 26.3 Å². The number of nitrogens with one attached hydrogen (secondary N) is 1. The summed E-state index contributed by atoms with van der Waals surface area (Å²) in [5.41, 5.74) is -3.30. The van der Waals surface area contributed by atoms with E-state index in [1.807, 2.05) is 0 Å². The monoisotopic (exact) mass is 438 g/mol. The molecule has 9 nitrogen and oxygen atoms in total. The number of alkyl halides is 6. The van der Waals surface area contributed by atoms with Crippen LogP contribution in [0.15, 0.2) is 15.8 Å². The van der Waals surface area contributed by atoms with Crippen molar-refractivity contribution in [2.24, 2.45) is 0 Å². The molecule has 1 aromatic heterocycles. The van der Waals surface area contributed by atoms with E-state index in [9.17, 15) is 41.0 Å². The molecule has 0 radical (unpaired) electrons. The molecule has 1 aliphatic rings. The van der Waals surface area contributed by atoms with Gasteiger partial charge in [0.1, 0.15) is 25.5 Å². The number of aromatic amines is 1. The quantitative estimate of drug-likeness (QED) is 0.414. The van der Waals surface area contributed by atoms with Gasteiger partial charge in [0.15, 0.2) is 6.29 Å². The lowest BCUT2D eigenvalue weighted by Crippen LogP contribution is -2.37. The average Bonchev–Trinajstić information content (AvgIpc) is 2.94. The predicted molar refractivity (Wildman–Crippen MR) is 79.7 cm³/mol. The van der Waals surface area contributed by atoms with Crippen molar-refractivity contribution in [3.8, 4) is 0 Å². The number of aliphatic hydroxyl groups is 2. The van der Waals surface area contributed by atoms with Gasteiger partial charge in [0.2, 0.25) is 0 Å². The molecule has 15 heteroatoms. The van der Waals surface area contributed by atoms with E-state index in [-0.39, 0.29) is 6.42 Å². The highest BCUT2D eigenvalue weighted by Crippen LogP contribution is 2.29. The minimum atomic E-state index is -4.94. The Bertz CT molecular complexity index is 787. The van der Waals surface area contributed by atoms with Gasteiger partial charge in [-0.3, -0.25) is 14.3 Å². The third kappa shape index (κ3) is 6.53. The molecule has 2 heterocycles. The van der Waals surface area contributed by atoms with Crippen LogP contribution >= 0.6 is 0 Å². The first-order chi connectivity index (χ1) is 13.3.